The van der Waals surface area contributed by atoms with Gasteiger partial charge < -0.3 is 15.4 Å². The first-order valence-electron chi connectivity index (χ1n) is 10.3. The molecule has 0 aromatic heterocycles. The maximum absolute atomic E-state index is 13.1. The fourth-order valence-electron chi connectivity index (χ4n) is 3.18. The Labute approximate surface area is 192 Å². The van der Waals surface area contributed by atoms with Crippen LogP contribution < -0.4 is 10.6 Å². The number of hydrogen-bond donors (Lipinski definition) is 3. The molecule has 0 saturated heterocycles. The molecule has 3 aromatic rings. The van der Waals surface area contributed by atoms with Gasteiger partial charge >= 0.3 is 6.09 Å². The highest BCUT2D eigenvalue weighted by molar-refractivity contribution is 7.80. The van der Waals surface area contributed by atoms with Crippen molar-refractivity contribution in [3.05, 3.63) is 95.3 Å². The van der Waals surface area contributed by atoms with Gasteiger partial charge in [-0.3, -0.25) is 4.79 Å². The standard InChI is InChI=1S/C25H25FN2O3S/c1-3-22(31-25(30)27-16(2)17-12-14-20(26)15-13-17)18-8-10-19(11-9-18)24(29)28-21-6-4-5-7-23(21)32/h4-16,22,32H,3H2,1-2H3,(H,27,30)(H,28,29)/t16-,22-/m0/s1. The maximum Gasteiger partial charge on any atom is 0.408 e. The lowest BCUT2D eigenvalue weighted by Crippen LogP contribution is -2.28. The van der Waals surface area contributed by atoms with Crippen molar-refractivity contribution in [1.82, 2.24) is 5.32 Å². The Hall–Kier alpha value is -3.32. The molecule has 2 N–H and O–H groups in total. The predicted molar refractivity (Wildman–Crippen MR) is 126 cm³/mol. The fraction of sp³-hybridized carbons (Fsp3) is 0.200. The van der Waals surface area contributed by atoms with E-state index in [0.717, 1.165) is 11.1 Å². The number of thiol groups is 1. The molecule has 3 aromatic carbocycles. The van der Waals surface area contributed by atoms with Crippen LogP contribution >= 0.6 is 12.6 Å². The molecule has 0 heterocycles. The van der Waals surface area contributed by atoms with Crippen molar-refractivity contribution in [2.24, 2.45) is 0 Å². The van der Waals surface area contributed by atoms with E-state index >= 15 is 0 Å². The van der Waals surface area contributed by atoms with Gasteiger partial charge in [-0.15, -0.1) is 12.6 Å². The van der Waals surface area contributed by atoms with Gasteiger partial charge in [0.05, 0.1) is 11.7 Å². The fourth-order valence-corrected chi connectivity index (χ4v) is 3.40. The number of rotatable bonds is 7. The quantitative estimate of drug-likeness (QED) is 0.368. The number of amides is 2. The number of para-hydroxylation sites is 1. The highest BCUT2D eigenvalue weighted by Crippen LogP contribution is 2.24. The van der Waals surface area contributed by atoms with Crippen LogP contribution in [0.15, 0.2) is 77.7 Å². The summed E-state index contributed by atoms with van der Waals surface area (Å²) in [7, 11) is 0. The van der Waals surface area contributed by atoms with Crippen LogP contribution in [0, 0.1) is 5.82 Å². The summed E-state index contributed by atoms with van der Waals surface area (Å²) >= 11 is 4.34. The smallest absolute Gasteiger partial charge is 0.408 e. The lowest BCUT2D eigenvalue weighted by molar-refractivity contribution is 0.0924. The molecule has 0 saturated carbocycles. The normalized spacial score (nSPS) is 12.5. The third-order valence-electron chi connectivity index (χ3n) is 5.02. The van der Waals surface area contributed by atoms with Crippen molar-refractivity contribution in [2.75, 3.05) is 5.32 Å². The molecule has 0 aliphatic rings. The molecule has 0 fully saturated rings. The SMILES string of the molecule is CC[C@H](OC(=O)N[C@@H](C)c1ccc(F)cc1)c1ccc(C(=O)Nc2ccccc2S)cc1. The van der Waals surface area contributed by atoms with Crippen molar-refractivity contribution in [3.63, 3.8) is 0 Å². The van der Waals surface area contributed by atoms with Crippen molar-refractivity contribution in [3.8, 4) is 0 Å². The first kappa shape index (κ1) is 23.3. The van der Waals surface area contributed by atoms with Gasteiger partial charge in [0, 0.05) is 10.5 Å². The maximum atomic E-state index is 13.1. The number of halogens is 1. The second-order valence-electron chi connectivity index (χ2n) is 7.31. The van der Waals surface area contributed by atoms with E-state index in [1.165, 1.54) is 12.1 Å². The highest BCUT2D eigenvalue weighted by Gasteiger charge is 2.18. The number of alkyl carbamates (subject to hydrolysis) is 1. The zero-order valence-electron chi connectivity index (χ0n) is 17.8. The van der Waals surface area contributed by atoms with Gasteiger partial charge in [0.15, 0.2) is 0 Å². The minimum Gasteiger partial charge on any atom is -0.441 e. The summed E-state index contributed by atoms with van der Waals surface area (Å²) in [6, 6.07) is 19.8. The van der Waals surface area contributed by atoms with Gasteiger partial charge in [-0.1, -0.05) is 43.3 Å². The summed E-state index contributed by atoms with van der Waals surface area (Å²) in [5, 5.41) is 5.59. The lowest BCUT2D eigenvalue weighted by Gasteiger charge is -2.20. The van der Waals surface area contributed by atoms with Crippen LogP contribution in [0.1, 0.15) is 53.9 Å². The van der Waals surface area contributed by atoms with Crippen LogP contribution in [0.5, 0.6) is 0 Å². The highest BCUT2D eigenvalue weighted by atomic mass is 32.1. The second kappa shape index (κ2) is 10.8. The Balaban J connectivity index is 1.60. The Morgan fingerprint density at radius 3 is 2.22 bits per heavy atom. The number of hydrogen-bond acceptors (Lipinski definition) is 4. The van der Waals surface area contributed by atoms with Crippen molar-refractivity contribution >= 4 is 30.3 Å². The van der Waals surface area contributed by atoms with E-state index in [2.05, 4.69) is 23.3 Å². The molecule has 2 amide bonds. The van der Waals surface area contributed by atoms with Crippen LogP contribution in [0.3, 0.4) is 0 Å². The van der Waals surface area contributed by atoms with E-state index in [1.807, 2.05) is 19.1 Å². The molecule has 0 spiro atoms. The summed E-state index contributed by atoms with van der Waals surface area (Å²) in [5.74, 6) is -0.584. The average Bonchev–Trinajstić information content (AvgIpc) is 2.79. The minimum atomic E-state index is -0.569. The number of anilines is 1. The Kier molecular flexibility index (Phi) is 7.89. The minimum absolute atomic E-state index is 0.252. The zero-order valence-corrected chi connectivity index (χ0v) is 18.7. The summed E-state index contributed by atoms with van der Waals surface area (Å²) in [5.41, 5.74) is 2.67. The predicted octanol–water partition coefficient (Wildman–Crippen LogP) is 6.31. The molecule has 0 unspecified atom stereocenters. The van der Waals surface area contributed by atoms with E-state index in [-0.39, 0.29) is 17.8 Å². The summed E-state index contributed by atoms with van der Waals surface area (Å²) < 4.78 is 18.7. The summed E-state index contributed by atoms with van der Waals surface area (Å²) in [4.78, 5) is 25.6. The van der Waals surface area contributed by atoms with Gasteiger partial charge in [0.1, 0.15) is 11.9 Å². The third-order valence-corrected chi connectivity index (χ3v) is 5.41. The average molecular weight is 453 g/mol. The van der Waals surface area contributed by atoms with Gasteiger partial charge in [-0.2, -0.15) is 0 Å². The van der Waals surface area contributed by atoms with Crippen LogP contribution in [0.4, 0.5) is 14.9 Å². The molecule has 0 aliphatic heterocycles. The molecule has 3 rings (SSSR count). The molecule has 166 valence electrons. The number of carbonyl (C=O) groups excluding carboxylic acids is 2. The van der Waals surface area contributed by atoms with Crippen LogP contribution in [0.2, 0.25) is 0 Å². The molecule has 32 heavy (non-hydrogen) atoms. The molecule has 7 heteroatoms. The molecule has 2 atom stereocenters. The number of nitrogens with one attached hydrogen (secondary N) is 2. The molecular formula is C25H25FN2O3S. The van der Waals surface area contributed by atoms with Crippen LogP contribution in [0.25, 0.3) is 0 Å². The van der Waals surface area contributed by atoms with E-state index in [4.69, 9.17) is 4.74 Å². The summed E-state index contributed by atoms with van der Waals surface area (Å²) in [6.07, 6.45) is -0.469. The molecule has 5 nitrogen and oxygen atoms in total. The topological polar surface area (TPSA) is 67.4 Å². The Morgan fingerprint density at radius 2 is 1.59 bits per heavy atom. The van der Waals surface area contributed by atoms with Crippen LogP contribution in [-0.2, 0) is 4.74 Å². The first-order valence-corrected chi connectivity index (χ1v) is 10.7. The Bertz CT molecular complexity index is 1070. The van der Waals surface area contributed by atoms with Gasteiger partial charge in [0.2, 0.25) is 0 Å². The van der Waals surface area contributed by atoms with E-state index < -0.39 is 12.2 Å². The van der Waals surface area contributed by atoms with Gasteiger partial charge in [-0.25, -0.2) is 9.18 Å². The van der Waals surface area contributed by atoms with Crippen molar-refractivity contribution in [1.29, 1.82) is 0 Å². The van der Waals surface area contributed by atoms with Crippen molar-refractivity contribution < 1.29 is 18.7 Å². The van der Waals surface area contributed by atoms with Gasteiger partial charge in [0.25, 0.3) is 5.91 Å². The first-order chi connectivity index (χ1) is 15.4. The van der Waals surface area contributed by atoms with E-state index in [0.29, 0.717) is 22.6 Å². The zero-order chi connectivity index (χ0) is 23.1. The molecule has 0 bridgehead atoms. The third kappa shape index (κ3) is 6.11. The Morgan fingerprint density at radius 1 is 0.969 bits per heavy atom. The van der Waals surface area contributed by atoms with Crippen LogP contribution in [-0.4, -0.2) is 12.0 Å². The lowest BCUT2D eigenvalue weighted by atomic mass is 10.0. The molecule has 0 aliphatic carbocycles. The van der Waals surface area contributed by atoms with E-state index in [9.17, 15) is 14.0 Å². The number of carbonyl (C=O) groups is 2. The summed E-state index contributed by atoms with van der Waals surface area (Å²) in [6.45, 7) is 3.71. The molecule has 0 radical (unpaired) electrons. The van der Waals surface area contributed by atoms with E-state index in [1.54, 1.807) is 55.5 Å². The second-order valence-corrected chi connectivity index (χ2v) is 7.79. The molecular weight excluding hydrogens is 427 g/mol. The largest absolute Gasteiger partial charge is 0.441 e. The monoisotopic (exact) mass is 452 g/mol. The number of benzene rings is 3. The van der Waals surface area contributed by atoms with Crippen molar-refractivity contribution in [2.45, 2.75) is 37.3 Å². The van der Waals surface area contributed by atoms with Gasteiger partial charge in [-0.05, 0) is 60.9 Å². The number of ether oxygens (including phenoxy) is 1.